The molecule has 0 unspecified atom stereocenters. The first-order valence-corrected chi connectivity index (χ1v) is 3.97. The molecular formula is C7H9NOS. The molecule has 1 aromatic rings. The van der Waals surface area contributed by atoms with Gasteiger partial charge < -0.3 is 4.57 Å². The van der Waals surface area contributed by atoms with E-state index in [1.165, 1.54) is 11.3 Å². The summed E-state index contributed by atoms with van der Waals surface area (Å²) >= 11 is 1.23. The summed E-state index contributed by atoms with van der Waals surface area (Å²) in [5, 5.41) is 1.80. The standard InChI is InChI=1S/C7H9NOS/c1-2-3-4-8-5-6-10-7(8)9/h2-3,5-6H,4H2,1H3/b3-2+. The average Bonchev–Trinajstić information content (AvgIpc) is 2.31. The van der Waals surface area contributed by atoms with Gasteiger partial charge in [0, 0.05) is 18.1 Å². The van der Waals surface area contributed by atoms with Crippen molar-refractivity contribution in [2.75, 3.05) is 0 Å². The summed E-state index contributed by atoms with van der Waals surface area (Å²) in [4.78, 5) is 11.0. The lowest BCUT2D eigenvalue weighted by atomic mass is 10.5. The van der Waals surface area contributed by atoms with Crippen LogP contribution in [-0.2, 0) is 6.54 Å². The number of aromatic nitrogens is 1. The predicted octanol–water partition coefficient (Wildman–Crippen LogP) is 1.49. The molecule has 0 aliphatic heterocycles. The summed E-state index contributed by atoms with van der Waals surface area (Å²) < 4.78 is 1.67. The summed E-state index contributed by atoms with van der Waals surface area (Å²) in [5.74, 6) is 0. The highest BCUT2D eigenvalue weighted by molar-refractivity contribution is 7.07. The first-order chi connectivity index (χ1) is 4.84. The molecule has 0 fully saturated rings. The summed E-state index contributed by atoms with van der Waals surface area (Å²) in [6.45, 7) is 2.64. The van der Waals surface area contributed by atoms with Gasteiger partial charge in [0.15, 0.2) is 0 Å². The fourth-order valence-electron chi connectivity index (χ4n) is 0.645. The maximum Gasteiger partial charge on any atom is 0.307 e. The Morgan fingerprint density at radius 2 is 2.60 bits per heavy atom. The fourth-order valence-corrected chi connectivity index (χ4v) is 1.24. The quantitative estimate of drug-likeness (QED) is 0.593. The van der Waals surface area contributed by atoms with Crippen LogP contribution < -0.4 is 4.87 Å². The number of rotatable bonds is 2. The minimum Gasteiger partial charge on any atom is -0.302 e. The van der Waals surface area contributed by atoms with Crippen molar-refractivity contribution in [3.8, 4) is 0 Å². The Kier molecular flexibility index (Phi) is 2.45. The van der Waals surface area contributed by atoms with Gasteiger partial charge in [-0.25, -0.2) is 0 Å². The Balaban J connectivity index is 2.75. The summed E-state index contributed by atoms with van der Waals surface area (Å²) in [6.07, 6.45) is 5.69. The van der Waals surface area contributed by atoms with Gasteiger partial charge in [-0.2, -0.15) is 0 Å². The topological polar surface area (TPSA) is 22.0 Å². The van der Waals surface area contributed by atoms with Crippen molar-refractivity contribution in [1.29, 1.82) is 0 Å². The molecule has 1 aromatic heterocycles. The lowest BCUT2D eigenvalue weighted by molar-refractivity contribution is 0.805. The summed E-state index contributed by atoms with van der Waals surface area (Å²) in [6, 6.07) is 0. The third-order valence-electron chi connectivity index (χ3n) is 1.18. The van der Waals surface area contributed by atoms with Gasteiger partial charge in [0.2, 0.25) is 0 Å². The highest BCUT2D eigenvalue weighted by atomic mass is 32.1. The summed E-state index contributed by atoms with van der Waals surface area (Å²) in [5.41, 5.74) is 0. The third-order valence-corrected chi connectivity index (χ3v) is 1.88. The van der Waals surface area contributed by atoms with Crippen LogP contribution in [0.1, 0.15) is 6.92 Å². The number of allylic oxidation sites excluding steroid dienone is 2. The smallest absolute Gasteiger partial charge is 0.302 e. The van der Waals surface area contributed by atoms with Gasteiger partial charge in [0.1, 0.15) is 0 Å². The van der Waals surface area contributed by atoms with Gasteiger partial charge in [-0.05, 0) is 6.92 Å². The van der Waals surface area contributed by atoms with E-state index in [-0.39, 0.29) is 4.87 Å². The molecule has 1 heterocycles. The van der Waals surface area contributed by atoms with Gasteiger partial charge >= 0.3 is 4.87 Å². The number of thiazole rings is 1. The van der Waals surface area contributed by atoms with E-state index in [1.54, 1.807) is 16.1 Å². The molecule has 0 spiro atoms. The first kappa shape index (κ1) is 7.28. The Labute approximate surface area is 63.4 Å². The van der Waals surface area contributed by atoms with E-state index in [1.807, 2.05) is 19.1 Å². The van der Waals surface area contributed by atoms with Crippen molar-refractivity contribution in [1.82, 2.24) is 4.57 Å². The lowest BCUT2D eigenvalue weighted by Gasteiger charge is -1.90. The van der Waals surface area contributed by atoms with Gasteiger partial charge in [0.05, 0.1) is 0 Å². The van der Waals surface area contributed by atoms with E-state index < -0.39 is 0 Å². The van der Waals surface area contributed by atoms with Crippen LogP contribution in [-0.4, -0.2) is 4.57 Å². The Hall–Kier alpha value is -0.830. The van der Waals surface area contributed by atoms with Crippen molar-refractivity contribution >= 4 is 11.3 Å². The minimum atomic E-state index is 0.109. The molecule has 0 bridgehead atoms. The molecule has 0 aliphatic carbocycles. The molecule has 0 saturated carbocycles. The second-order valence-electron chi connectivity index (χ2n) is 1.89. The van der Waals surface area contributed by atoms with Gasteiger partial charge in [0.25, 0.3) is 0 Å². The molecular weight excluding hydrogens is 146 g/mol. The fraction of sp³-hybridized carbons (Fsp3) is 0.286. The minimum absolute atomic E-state index is 0.109. The Bertz CT molecular complexity index is 271. The molecule has 54 valence electrons. The van der Waals surface area contributed by atoms with Gasteiger partial charge in [-0.15, -0.1) is 0 Å². The predicted molar refractivity (Wildman–Crippen MR) is 43.4 cm³/mol. The molecule has 0 N–H and O–H groups in total. The van der Waals surface area contributed by atoms with Gasteiger partial charge in [-0.1, -0.05) is 23.5 Å². The molecule has 0 saturated heterocycles. The second kappa shape index (κ2) is 3.37. The number of nitrogens with zero attached hydrogens (tertiary/aromatic N) is 1. The number of hydrogen-bond acceptors (Lipinski definition) is 2. The second-order valence-corrected chi connectivity index (χ2v) is 2.75. The van der Waals surface area contributed by atoms with Crippen LogP contribution in [0, 0.1) is 0 Å². The molecule has 0 amide bonds. The Morgan fingerprint density at radius 3 is 3.10 bits per heavy atom. The highest BCUT2D eigenvalue weighted by Gasteiger charge is 1.90. The molecule has 0 aliphatic rings. The van der Waals surface area contributed by atoms with E-state index in [4.69, 9.17) is 0 Å². The van der Waals surface area contributed by atoms with E-state index >= 15 is 0 Å². The first-order valence-electron chi connectivity index (χ1n) is 3.09. The Morgan fingerprint density at radius 1 is 1.80 bits per heavy atom. The van der Waals surface area contributed by atoms with Crippen LogP contribution in [0.5, 0.6) is 0 Å². The van der Waals surface area contributed by atoms with Crippen molar-refractivity contribution in [2.45, 2.75) is 13.5 Å². The monoisotopic (exact) mass is 155 g/mol. The SMILES string of the molecule is C/C=C/Cn1ccsc1=O. The van der Waals surface area contributed by atoms with Crippen LogP contribution in [0.15, 0.2) is 28.5 Å². The van der Waals surface area contributed by atoms with Crippen LogP contribution in [0.3, 0.4) is 0 Å². The normalized spacial score (nSPS) is 10.9. The van der Waals surface area contributed by atoms with Crippen LogP contribution in [0.4, 0.5) is 0 Å². The van der Waals surface area contributed by atoms with Crippen molar-refractivity contribution in [3.05, 3.63) is 33.4 Å². The molecule has 10 heavy (non-hydrogen) atoms. The summed E-state index contributed by atoms with van der Waals surface area (Å²) in [7, 11) is 0. The number of hydrogen-bond donors (Lipinski definition) is 0. The van der Waals surface area contributed by atoms with E-state index in [0.717, 1.165) is 0 Å². The molecule has 0 aromatic carbocycles. The van der Waals surface area contributed by atoms with E-state index in [2.05, 4.69) is 0 Å². The maximum atomic E-state index is 10.9. The zero-order chi connectivity index (χ0) is 7.40. The molecule has 3 heteroatoms. The van der Waals surface area contributed by atoms with Crippen LogP contribution in [0.2, 0.25) is 0 Å². The van der Waals surface area contributed by atoms with Gasteiger partial charge in [-0.3, -0.25) is 4.79 Å². The largest absolute Gasteiger partial charge is 0.307 e. The van der Waals surface area contributed by atoms with Crippen LogP contribution in [0.25, 0.3) is 0 Å². The van der Waals surface area contributed by atoms with Crippen molar-refractivity contribution in [2.24, 2.45) is 0 Å². The molecule has 1 rings (SSSR count). The van der Waals surface area contributed by atoms with E-state index in [0.29, 0.717) is 6.54 Å². The average molecular weight is 155 g/mol. The zero-order valence-corrected chi connectivity index (χ0v) is 6.60. The molecule has 0 atom stereocenters. The molecule has 2 nitrogen and oxygen atoms in total. The molecule has 0 radical (unpaired) electrons. The maximum absolute atomic E-state index is 10.9. The lowest BCUT2D eigenvalue weighted by Crippen LogP contribution is -2.09. The highest BCUT2D eigenvalue weighted by Crippen LogP contribution is 1.88. The van der Waals surface area contributed by atoms with Crippen molar-refractivity contribution < 1.29 is 0 Å². The van der Waals surface area contributed by atoms with Crippen molar-refractivity contribution in [3.63, 3.8) is 0 Å². The third kappa shape index (κ3) is 1.57. The van der Waals surface area contributed by atoms with E-state index in [9.17, 15) is 4.79 Å². The van der Waals surface area contributed by atoms with Crippen LogP contribution >= 0.6 is 11.3 Å². The zero-order valence-electron chi connectivity index (χ0n) is 5.78.